The Hall–Kier alpha value is -1.56. The van der Waals surface area contributed by atoms with Gasteiger partial charge >= 0.3 is 0 Å². The summed E-state index contributed by atoms with van der Waals surface area (Å²) in [6, 6.07) is 1.89. The molecule has 0 aromatic carbocycles. The molecule has 1 fully saturated rings. The van der Waals surface area contributed by atoms with E-state index in [0.29, 0.717) is 0 Å². The lowest BCUT2D eigenvalue weighted by atomic mass is 10.0. The van der Waals surface area contributed by atoms with Gasteiger partial charge < -0.3 is 16.3 Å². The van der Waals surface area contributed by atoms with Crippen LogP contribution < -0.4 is 11.1 Å². The van der Waals surface area contributed by atoms with Crippen molar-refractivity contribution in [1.82, 2.24) is 5.32 Å². The average Bonchev–Trinajstić information content (AvgIpc) is 2.97. The monoisotopic (exact) mass is 267 g/mol. The van der Waals surface area contributed by atoms with Gasteiger partial charge in [-0.05, 0) is 36.8 Å². The van der Waals surface area contributed by atoms with E-state index in [-0.39, 0.29) is 23.7 Å². The van der Waals surface area contributed by atoms with Crippen LogP contribution in [0.15, 0.2) is 16.6 Å². The van der Waals surface area contributed by atoms with Crippen LogP contribution in [0.5, 0.6) is 0 Å². The summed E-state index contributed by atoms with van der Waals surface area (Å²) < 4.78 is 0. The average molecular weight is 267 g/mol. The third-order valence-corrected chi connectivity index (χ3v) is 4.41. The molecule has 1 aliphatic carbocycles. The van der Waals surface area contributed by atoms with Gasteiger partial charge in [0.15, 0.2) is 0 Å². The van der Waals surface area contributed by atoms with Crippen LogP contribution in [0, 0.1) is 12.8 Å². The maximum absolute atomic E-state index is 12.1. The Balaban J connectivity index is 2.05. The number of oxime groups is 1. The molecule has 2 unspecified atom stereocenters. The molecule has 5 nitrogen and oxygen atoms in total. The minimum Gasteiger partial charge on any atom is -0.409 e. The summed E-state index contributed by atoms with van der Waals surface area (Å²) in [5.41, 5.74) is 6.63. The molecular weight excluding hydrogens is 250 g/mol. The number of amidine groups is 1. The first-order chi connectivity index (χ1) is 8.63. The molecule has 0 radical (unpaired) electrons. The maximum Gasteiger partial charge on any atom is 0.261 e. The predicted molar refractivity (Wildman–Crippen MR) is 71.1 cm³/mol. The Labute approximate surface area is 110 Å². The van der Waals surface area contributed by atoms with E-state index in [1.54, 1.807) is 0 Å². The molecule has 18 heavy (non-hydrogen) atoms. The Morgan fingerprint density at radius 1 is 1.61 bits per heavy atom. The van der Waals surface area contributed by atoms with Gasteiger partial charge in [0.25, 0.3) is 5.91 Å². The first-order valence-electron chi connectivity index (χ1n) is 5.96. The minimum atomic E-state index is -0.0647. The lowest BCUT2D eigenvalue weighted by molar-refractivity contribution is 0.0937. The molecule has 6 heteroatoms. The Morgan fingerprint density at radius 2 is 2.39 bits per heavy atom. The summed E-state index contributed by atoms with van der Waals surface area (Å²) in [6.07, 6.45) is 2.70. The van der Waals surface area contributed by atoms with Crippen LogP contribution in [0.2, 0.25) is 0 Å². The van der Waals surface area contributed by atoms with Gasteiger partial charge in [0, 0.05) is 12.0 Å². The zero-order valence-corrected chi connectivity index (χ0v) is 11.0. The highest BCUT2D eigenvalue weighted by Crippen LogP contribution is 2.26. The Morgan fingerprint density at radius 3 is 3.00 bits per heavy atom. The quantitative estimate of drug-likeness (QED) is 0.337. The molecule has 0 bridgehead atoms. The summed E-state index contributed by atoms with van der Waals surface area (Å²) in [6.45, 7) is 1.92. The molecular formula is C12H17N3O2S. The second kappa shape index (κ2) is 5.39. The third kappa shape index (κ3) is 2.48. The summed E-state index contributed by atoms with van der Waals surface area (Å²) in [5, 5.41) is 16.7. The minimum absolute atomic E-state index is 0.0325. The number of carbonyl (C=O) groups excluding carboxylic acids is 1. The van der Waals surface area contributed by atoms with E-state index in [1.807, 2.05) is 18.4 Å². The van der Waals surface area contributed by atoms with Crippen LogP contribution in [-0.2, 0) is 0 Å². The van der Waals surface area contributed by atoms with E-state index in [1.165, 1.54) is 11.3 Å². The van der Waals surface area contributed by atoms with Crippen LogP contribution in [0.4, 0.5) is 0 Å². The zero-order chi connectivity index (χ0) is 13.1. The van der Waals surface area contributed by atoms with Gasteiger partial charge in [0.2, 0.25) is 0 Å². The van der Waals surface area contributed by atoms with Gasteiger partial charge in [0.1, 0.15) is 5.84 Å². The van der Waals surface area contributed by atoms with Crippen molar-refractivity contribution in [2.24, 2.45) is 16.8 Å². The molecule has 2 atom stereocenters. The summed E-state index contributed by atoms with van der Waals surface area (Å²) >= 11 is 1.43. The third-order valence-electron chi connectivity index (χ3n) is 3.40. The maximum atomic E-state index is 12.1. The molecule has 4 N–H and O–H groups in total. The predicted octanol–water partition coefficient (Wildman–Crippen LogP) is 1.70. The summed E-state index contributed by atoms with van der Waals surface area (Å²) in [7, 11) is 0. The number of amides is 1. The van der Waals surface area contributed by atoms with Crippen molar-refractivity contribution in [2.75, 3.05) is 0 Å². The lowest BCUT2D eigenvalue weighted by Crippen LogP contribution is -2.42. The number of rotatable bonds is 3. The van der Waals surface area contributed by atoms with Crippen molar-refractivity contribution in [1.29, 1.82) is 0 Å². The lowest BCUT2D eigenvalue weighted by Gasteiger charge is -2.19. The van der Waals surface area contributed by atoms with E-state index < -0.39 is 0 Å². The molecule has 0 aliphatic heterocycles. The fourth-order valence-corrected chi connectivity index (χ4v) is 3.23. The first kappa shape index (κ1) is 12.9. The highest BCUT2D eigenvalue weighted by atomic mass is 32.1. The van der Waals surface area contributed by atoms with E-state index in [2.05, 4.69) is 10.5 Å². The molecule has 1 aromatic rings. The van der Waals surface area contributed by atoms with E-state index in [9.17, 15) is 4.79 Å². The SMILES string of the molecule is Cc1ccsc1C(=O)NC1CCCC1C(N)=NO. The standard InChI is InChI=1S/C12H17N3O2S/c1-7-5-6-18-10(7)12(16)14-9-4-2-3-8(9)11(13)15-17/h5-6,8-9,17H,2-4H2,1H3,(H2,13,15)(H,14,16). The number of hydrogen-bond acceptors (Lipinski definition) is 4. The molecule has 1 aromatic heterocycles. The summed E-state index contributed by atoms with van der Waals surface area (Å²) in [4.78, 5) is 12.8. The number of carbonyl (C=O) groups is 1. The number of nitrogens with zero attached hydrogens (tertiary/aromatic N) is 1. The number of thiophene rings is 1. The molecule has 1 heterocycles. The van der Waals surface area contributed by atoms with Crippen molar-refractivity contribution >= 4 is 23.1 Å². The number of hydrogen-bond donors (Lipinski definition) is 3. The normalized spacial score (nSPS) is 24.2. The van der Waals surface area contributed by atoms with Gasteiger partial charge in [-0.3, -0.25) is 4.79 Å². The van der Waals surface area contributed by atoms with Crippen molar-refractivity contribution < 1.29 is 10.0 Å². The van der Waals surface area contributed by atoms with E-state index in [4.69, 9.17) is 10.9 Å². The Kier molecular flexibility index (Phi) is 3.86. The number of nitrogens with one attached hydrogen (secondary N) is 1. The van der Waals surface area contributed by atoms with Gasteiger partial charge in [-0.2, -0.15) is 0 Å². The number of aryl methyl sites for hydroxylation is 1. The van der Waals surface area contributed by atoms with Crippen LogP contribution in [0.1, 0.15) is 34.5 Å². The second-order valence-electron chi connectivity index (χ2n) is 4.57. The smallest absolute Gasteiger partial charge is 0.261 e. The second-order valence-corrected chi connectivity index (χ2v) is 5.49. The van der Waals surface area contributed by atoms with Crippen LogP contribution in [-0.4, -0.2) is 23.0 Å². The van der Waals surface area contributed by atoms with Crippen molar-refractivity contribution in [3.05, 3.63) is 21.9 Å². The molecule has 1 amide bonds. The molecule has 0 spiro atoms. The molecule has 0 saturated heterocycles. The van der Waals surface area contributed by atoms with Gasteiger partial charge in [0.05, 0.1) is 4.88 Å². The van der Waals surface area contributed by atoms with E-state index >= 15 is 0 Å². The fourth-order valence-electron chi connectivity index (χ4n) is 2.40. The highest BCUT2D eigenvalue weighted by molar-refractivity contribution is 7.12. The van der Waals surface area contributed by atoms with Crippen molar-refractivity contribution in [2.45, 2.75) is 32.2 Å². The van der Waals surface area contributed by atoms with Crippen molar-refractivity contribution in [3.63, 3.8) is 0 Å². The first-order valence-corrected chi connectivity index (χ1v) is 6.84. The Bertz CT molecular complexity index is 470. The van der Waals surface area contributed by atoms with Crippen LogP contribution >= 0.6 is 11.3 Å². The summed E-state index contributed by atoms with van der Waals surface area (Å²) in [5.74, 6) is 0.0880. The molecule has 1 aliphatic rings. The topological polar surface area (TPSA) is 87.7 Å². The number of nitrogens with two attached hydrogens (primary N) is 1. The largest absolute Gasteiger partial charge is 0.409 e. The van der Waals surface area contributed by atoms with Crippen LogP contribution in [0.3, 0.4) is 0 Å². The fraction of sp³-hybridized carbons (Fsp3) is 0.500. The highest BCUT2D eigenvalue weighted by Gasteiger charge is 2.32. The molecule has 98 valence electrons. The molecule has 2 rings (SSSR count). The van der Waals surface area contributed by atoms with E-state index in [0.717, 1.165) is 29.7 Å². The van der Waals surface area contributed by atoms with Gasteiger partial charge in [-0.1, -0.05) is 11.6 Å². The van der Waals surface area contributed by atoms with Crippen LogP contribution in [0.25, 0.3) is 0 Å². The van der Waals surface area contributed by atoms with Gasteiger partial charge in [-0.15, -0.1) is 11.3 Å². The molecule has 1 saturated carbocycles. The van der Waals surface area contributed by atoms with Gasteiger partial charge in [-0.25, -0.2) is 0 Å². The van der Waals surface area contributed by atoms with Crippen molar-refractivity contribution in [3.8, 4) is 0 Å². The zero-order valence-electron chi connectivity index (χ0n) is 10.2.